The number of hydrogen-bond donors (Lipinski definition) is 1. The summed E-state index contributed by atoms with van der Waals surface area (Å²) in [6, 6.07) is 7.54. The lowest BCUT2D eigenvalue weighted by molar-refractivity contribution is 0.132. The van der Waals surface area contributed by atoms with Gasteiger partial charge in [0, 0.05) is 6.04 Å². The smallest absolute Gasteiger partial charge is 0.0379 e. The summed E-state index contributed by atoms with van der Waals surface area (Å²) in [6.45, 7) is 13.7. The van der Waals surface area contributed by atoms with Crippen molar-refractivity contribution in [1.29, 1.82) is 0 Å². The van der Waals surface area contributed by atoms with Crippen LogP contribution in [0.2, 0.25) is 0 Å². The minimum atomic E-state index is 0.590. The Kier molecular flexibility index (Phi) is 5.62. The average molecular weight is 274 g/mol. The van der Waals surface area contributed by atoms with Gasteiger partial charge < -0.3 is 5.32 Å². The maximum absolute atomic E-state index is 3.50. The highest BCUT2D eigenvalue weighted by atomic mass is 15.2. The zero-order chi connectivity index (χ0) is 14.5. The van der Waals surface area contributed by atoms with E-state index in [9.17, 15) is 0 Å². The molecule has 0 radical (unpaired) electrons. The second-order valence-corrected chi connectivity index (χ2v) is 6.11. The molecule has 0 saturated carbocycles. The Morgan fingerprint density at radius 3 is 2.40 bits per heavy atom. The van der Waals surface area contributed by atoms with Crippen molar-refractivity contribution in [3.05, 3.63) is 34.9 Å². The fourth-order valence-electron chi connectivity index (χ4n) is 3.60. The van der Waals surface area contributed by atoms with Gasteiger partial charge in [-0.3, -0.25) is 4.90 Å². The van der Waals surface area contributed by atoms with E-state index in [1.165, 1.54) is 37.1 Å². The van der Waals surface area contributed by atoms with E-state index in [1.807, 2.05) is 0 Å². The topological polar surface area (TPSA) is 15.3 Å². The molecule has 0 amide bonds. The van der Waals surface area contributed by atoms with Gasteiger partial charge in [-0.15, -0.1) is 0 Å². The fraction of sp³-hybridized carbons (Fsp3) is 0.667. The van der Waals surface area contributed by atoms with Crippen molar-refractivity contribution in [2.75, 3.05) is 26.2 Å². The Bertz CT molecular complexity index is 417. The number of aryl methyl sites for hydroxylation is 2. The predicted octanol–water partition coefficient (Wildman–Crippen LogP) is 3.69. The van der Waals surface area contributed by atoms with Crippen LogP contribution in [0.5, 0.6) is 0 Å². The molecule has 0 aromatic heterocycles. The molecule has 1 atom stereocenters. The molecule has 1 heterocycles. The van der Waals surface area contributed by atoms with E-state index in [0.717, 1.165) is 19.0 Å². The highest BCUT2D eigenvalue weighted by Crippen LogP contribution is 2.36. The maximum Gasteiger partial charge on any atom is 0.0379 e. The first-order valence-corrected chi connectivity index (χ1v) is 8.19. The standard InChI is InChI=1S/C18H30N2/c1-5-20(6-2)18(16-9-11-19-12-10-16)17-13-14(3)7-8-15(17)4/h7-8,13,16,18-19H,5-6,9-12H2,1-4H3. The first-order valence-electron chi connectivity index (χ1n) is 8.19. The lowest BCUT2D eigenvalue weighted by atomic mass is 9.82. The molecule has 1 aromatic rings. The molecule has 2 rings (SSSR count). The third kappa shape index (κ3) is 3.42. The number of nitrogens with one attached hydrogen (secondary N) is 1. The Morgan fingerprint density at radius 2 is 1.80 bits per heavy atom. The summed E-state index contributed by atoms with van der Waals surface area (Å²) < 4.78 is 0. The molecular formula is C18H30N2. The molecular weight excluding hydrogens is 244 g/mol. The van der Waals surface area contributed by atoms with Crippen LogP contribution in [-0.2, 0) is 0 Å². The molecule has 1 fully saturated rings. The largest absolute Gasteiger partial charge is 0.317 e. The zero-order valence-electron chi connectivity index (χ0n) is 13.6. The Morgan fingerprint density at radius 1 is 1.15 bits per heavy atom. The molecule has 20 heavy (non-hydrogen) atoms. The van der Waals surface area contributed by atoms with Crippen LogP contribution in [0.3, 0.4) is 0 Å². The van der Waals surface area contributed by atoms with Crippen LogP contribution in [0, 0.1) is 19.8 Å². The van der Waals surface area contributed by atoms with Crippen molar-refractivity contribution in [1.82, 2.24) is 10.2 Å². The molecule has 0 spiro atoms. The molecule has 1 saturated heterocycles. The Hall–Kier alpha value is -0.860. The summed E-state index contributed by atoms with van der Waals surface area (Å²) in [6.07, 6.45) is 2.60. The van der Waals surface area contributed by atoms with Crippen molar-refractivity contribution < 1.29 is 0 Å². The maximum atomic E-state index is 3.50. The lowest BCUT2D eigenvalue weighted by Gasteiger charge is -2.39. The number of hydrogen-bond acceptors (Lipinski definition) is 2. The van der Waals surface area contributed by atoms with E-state index in [0.29, 0.717) is 6.04 Å². The van der Waals surface area contributed by atoms with Crippen molar-refractivity contribution >= 4 is 0 Å². The zero-order valence-corrected chi connectivity index (χ0v) is 13.6. The summed E-state index contributed by atoms with van der Waals surface area (Å²) in [4.78, 5) is 2.65. The summed E-state index contributed by atoms with van der Waals surface area (Å²) in [7, 11) is 0. The van der Waals surface area contributed by atoms with Gasteiger partial charge in [-0.1, -0.05) is 37.6 Å². The molecule has 2 nitrogen and oxygen atoms in total. The SMILES string of the molecule is CCN(CC)C(c1cc(C)ccc1C)C1CCNCC1. The van der Waals surface area contributed by atoms with Gasteiger partial charge in [0.15, 0.2) is 0 Å². The van der Waals surface area contributed by atoms with Gasteiger partial charge in [0.05, 0.1) is 0 Å². The van der Waals surface area contributed by atoms with Crippen LogP contribution in [-0.4, -0.2) is 31.1 Å². The molecule has 1 aliphatic rings. The predicted molar refractivity (Wildman–Crippen MR) is 87.2 cm³/mol. The fourth-order valence-corrected chi connectivity index (χ4v) is 3.60. The third-order valence-corrected chi connectivity index (χ3v) is 4.79. The molecule has 1 aliphatic heterocycles. The minimum Gasteiger partial charge on any atom is -0.317 e. The second kappa shape index (κ2) is 7.24. The van der Waals surface area contributed by atoms with Crippen molar-refractivity contribution in [3.63, 3.8) is 0 Å². The monoisotopic (exact) mass is 274 g/mol. The third-order valence-electron chi connectivity index (χ3n) is 4.79. The van der Waals surface area contributed by atoms with Crippen LogP contribution in [0.1, 0.15) is 49.4 Å². The summed E-state index contributed by atoms with van der Waals surface area (Å²) in [5.41, 5.74) is 4.39. The van der Waals surface area contributed by atoms with Crippen molar-refractivity contribution in [3.8, 4) is 0 Å². The van der Waals surface area contributed by atoms with Crippen LogP contribution in [0.15, 0.2) is 18.2 Å². The van der Waals surface area contributed by atoms with Crippen LogP contribution >= 0.6 is 0 Å². The summed E-state index contributed by atoms with van der Waals surface area (Å²) in [5, 5.41) is 3.50. The minimum absolute atomic E-state index is 0.590. The molecule has 0 bridgehead atoms. The van der Waals surface area contributed by atoms with Crippen molar-refractivity contribution in [2.24, 2.45) is 5.92 Å². The van der Waals surface area contributed by atoms with Gasteiger partial charge in [-0.25, -0.2) is 0 Å². The van der Waals surface area contributed by atoms with Gasteiger partial charge in [-0.05, 0) is 69.9 Å². The normalized spacial score (nSPS) is 18.4. The van der Waals surface area contributed by atoms with Gasteiger partial charge >= 0.3 is 0 Å². The number of rotatable bonds is 5. The molecule has 1 aromatic carbocycles. The van der Waals surface area contributed by atoms with E-state index >= 15 is 0 Å². The summed E-state index contributed by atoms with van der Waals surface area (Å²) in [5.74, 6) is 0.789. The van der Waals surface area contributed by atoms with E-state index in [-0.39, 0.29) is 0 Å². The van der Waals surface area contributed by atoms with E-state index in [1.54, 1.807) is 5.56 Å². The van der Waals surface area contributed by atoms with E-state index in [2.05, 4.69) is 56.1 Å². The molecule has 0 aliphatic carbocycles. The number of nitrogens with zero attached hydrogens (tertiary/aromatic N) is 1. The van der Waals surface area contributed by atoms with Gasteiger partial charge in [0.1, 0.15) is 0 Å². The van der Waals surface area contributed by atoms with Gasteiger partial charge in [-0.2, -0.15) is 0 Å². The van der Waals surface area contributed by atoms with Gasteiger partial charge in [0.25, 0.3) is 0 Å². The van der Waals surface area contributed by atoms with Crippen LogP contribution in [0.4, 0.5) is 0 Å². The first-order chi connectivity index (χ1) is 9.67. The van der Waals surface area contributed by atoms with E-state index < -0.39 is 0 Å². The Balaban J connectivity index is 2.36. The average Bonchev–Trinajstić information content (AvgIpc) is 2.48. The molecule has 1 unspecified atom stereocenters. The van der Waals surface area contributed by atoms with Gasteiger partial charge in [0.2, 0.25) is 0 Å². The first kappa shape index (κ1) is 15.5. The quantitative estimate of drug-likeness (QED) is 0.881. The van der Waals surface area contributed by atoms with Crippen molar-refractivity contribution in [2.45, 2.75) is 46.6 Å². The Labute approximate surface area is 124 Å². The van der Waals surface area contributed by atoms with Crippen LogP contribution in [0.25, 0.3) is 0 Å². The van der Waals surface area contributed by atoms with E-state index in [4.69, 9.17) is 0 Å². The number of benzene rings is 1. The number of piperidine rings is 1. The lowest BCUT2D eigenvalue weighted by Crippen LogP contribution is -2.39. The second-order valence-electron chi connectivity index (χ2n) is 6.11. The summed E-state index contributed by atoms with van der Waals surface area (Å²) >= 11 is 0. The highest BCUT2D eigenvalue weighted by molar-refractivity contribution is 5.33. The highest BCUT2D eigenvalue weighted by Gasteiger charge is 2.29. The molecule has 112 valence electrons. The van der Waals surface area contributed by atoms with Crippen LogP contribution < -0.4 is 5.32 Å². The molecule has 1 N–H and O–H groups in total. The molecule has 2 heteroatoms.